The molecule has 12 nitrogen and oxygen atoms in total. The Morgan fingerprint density at radius 2 is 1.90 bits per heavy atom. The number of hydrogen-bond acceptors (Lipinski definition) is 6. The lowest BCUT2D eigenvalue weighted by Gasteiger charge is -2.35. The first-order valence-electron chi connectivity index (χ1n) is 9.29. The number of rotatable bonds is 4. The summed E-state index contributed by atoms with van der Waals surface area (Å²) in [5, 5.41) is 8.55. The largest absolute Gasteiger partial charge is 0.336 e. The van der Waals surface area contributed by atoms with Crippen LogP contribution in [-0.4, -0.2) is 92.5 Å². The zero-order valence-electron chi connectivity index (χ0n) is 16.8. The van der Waals surface area contributed by atoms with Gasteiger partial charge in [-0.2, -0.15) is 22.1 Å². The van der Waals surface area contributed by atoms with Crippen molar-refractivity contribution < 1.29 is 13.2 Å². The van der Waals surface area contributed by atoms with Gasteiger partial charge in [0, 0.05) is 46.5 Å². The molecule has 0 spiro atoms. The van der Waals surface area contributed by atoms with Gasteiger partial charge in [0.2, 0.25) is 5.95 Å². The molecule has 0 saturated carbocycles. The number of H-pyrrole nitrogens is 1. The van der Waals surface area contributed by atoms with Gasteiger partial charge >= 0.3 is 0 Å². The third-order valence-corrected chi connectivity index (χ3v) is 7.08. The summed E-state index contributed by atoms with van der Waals surface area (Å²) < 4.78 is 29.9. The van der Waals surface area contributed by atoms with Crippen molar-refractivity contribution in [2.45, 2.75) is 6.92 Å². The van der Waals surface area contributed by atoms with Crippen molar-refractivity contribution in [1.29, 1.82) is 0 Å². The van der Waals surface area contributed by atoms with Crippen LogP contribution >= 0.6 is 0 Å². The molecular weight excluding hydrogens is 412 g/mol. The normalized spacial score (nSPS) is 15.9. The number of hydrogen-bond donors (Lipinski definition) is 1. The summed E-state index contributed by atoms with van der Waals surface area (Å²) in [6.07, 6.45) is 3.08. The van der Waals surface area contributed by atoms with E-state index in [2.05, 4.69) is 15.2 Å². The minimum atomic E-state index is -3.50. The summed E-state index contributed by atoms with van der Waals surface area (Å²) in [6.45, 7) is 2.71. The van der Waals surface area contributed by atoms with Crippen molar-refractivity contribution in [3.8, 4) is 5.95 Å². The Bertz CT molecular complexity index is 1260. The SMILES string of the molecule is Cc1c(C(=O)N2CCN(S(=O)(=O)N(C)C)CC2)cnn1-c1nn2cccc2c(=O)[nH]1. The van der Waals surface area contributed by atoms with Crippen LogP contribution in [-0.2, 0) is 10.2 Å². The smallest absolute Gasteiger partial charge is 0.281 e. The molecule has 1 saturated heterocycles. The van der Waals surface area contributed by atoms with Gasteiger partial charge in [-0.3, -0.25) is 14.6 Å². The third kappa shape index (κ3) is 3.30. The number of carbonyl (C=O) groups excluding carboxylic acids is 1. The Hall–Kier alpha value is -3.03. The van der Waals surface area contributed by atoms with Crippen molar-refractivity contribution >= 4 is 21.6 Å². The molecule has 0 aliphatic carbocycles. The Kier molecular flexibility index (Phi) is 4.95. The van der Waals surface area contributed by atoms with Gasteiger partial charge in [-0.1, -0.05) is 0 Å². The van der Waals surface area contributed by atoms with E-state index in [-0.39, 0.29) is 43.6 Å². The van der Waals surface area contributed by atoms with Crippen molar-refractivity contribution in [2.24, 2.45) is 0 Å². The summed E-state index contributed by atoms with van der Waals surface area (Å²) in [7, 11) is -0.543. The van der Waals surface area contributed by atoms with Crippen LogP contribution in [0.4, 0.5) is 0 Å². The molecule has 0 bridgehead atoms. The number of fused-ring (bicyclic) bond motifs is 1. The van der Waals surface area contributed by atoms with Crippen LogP contribution in [0.3, 0.4) is 0 Å². The molecule has 4 heterocycles. The maximum atomic E-state index is 13.0. The zero-order valence-corrected chi connectivity index (χ0v) is 17.6. The Morgan fingerprint density at radius 1 is 1.20 bits per heavy atom. The lowest BCUT2D eigenvalue weighted by atomic mass is 10.2. The molecule has 1 aliphatic heterocycles. The molecule has 3 aromatic heterocycles. The van der Waals surface area contributed by atoms with Gasteiger partial charge in [0.25, 0.3) is 21.7 Å². The van der Waals surface area contributed by atoms with Crippen LogP contribution in [0.1, 0.15) is 16.1 Å². The summed E-state index contributed by atoms with van der Waals surface area (Å²) in [5.74, 6) is -0.0489. The molecule has 0 unspecified atom stereocenters. The van der Waals surface area contributed by atoms with Crippen LogP contribution < -0.4 is 5.56 Å². The Morgan fingerprint density at radius 3 is 2.57 bits per heavy atom. The van der Waals surface area contributed by atoms with E-state index in [0.29, 0.717) is 16.8 Å². The topological polar surface area (TPSA) is 129 Å². The first-order chi connectivity index (χ1) is 14.2. The molecule has 1 amide bonds. The number of carbonyl (C=O) groups is 1. The van der Waals surface area contributed by atoms with Gasteiger partial charge in [-0.15, -0.1) is 5.10 Å². The molecule has 1 fully saturated rings. The first-order valence-corrected chi connectivity index (χ1v) is 10.7. The number of nitrogens with one attached hydrogen (secondary N) is 1. The summed E-state index contributed by atoms with van der Waals surface area (Å²) in [6, 6.07) is 3.36. The number of aromatic nitrogens is 5. The van der Waals surface area contributed by atoms with Crippen molar-refractivity contribution in [2.75, 3.05) is 40.3 Å². The highest BCUT2D eigenvalue weighted by Crippen LogP contribution is 2.16. The molecule has 4 rings (SSSR count). The Balaban J connectivity index is 1.55. The second kappa shape index (κ2) is 7.34. The van der Waals surface area contributed by atoms with E-state index >= 15 is 0 Å². The fourth-order valence-corrected chi connectivity index (χ4v) is 4.47. The minimum Gasteiger partial charge on any atom is -0.336 e. The van der Waals surface area contributed by atoms with E-state index in [0.717, 1.165) is 4.31 Å². The van der Waals surface area contributed by atoms with Gasteiger partial charge in [0.1, 0.15) is 5.52 Å². The molecule has 1 N–H and O–H groups in total. The second-order valence-electron chi connectivity index (χ2n) is 7.15. The average molecular weight is 434 g/mol. The zero-order chi connectivity index (χ0) is 21.6. The molecule has 30 heavy (non-hydrogen) atoms. The molecule has 160 valence electrons. The highest BCUT2D eigenvalue weighted by molar-refractivity contribution is 7.86. The molecule has 0 aromatic carbocycles. The van der Waals surface area contributed by atoms with Gasteiger partial charge in [0.15, 0.2) is 0 Å². The van der Waals surface area contributed by atoms with Crippen molar-refractivity contribution in [3.05, 3.63) is 46.1 Å². The fraction of sp³-hybridized carbons (Fsp3) is 0.412. The van der Waals surface area contributed by atoms with Gasteiger partial charge < -0.3 is 4.90 Å². The molecule has 13 heteroatoms. The lowest BCUT2D eigenvalue weighted by Crippen LogP contribution is -2.53. The monoisotopic (exact) mass is 434 g/mol. The van der Waals surface area contributed by atoms with Crippen LogP contribution in [0.25, 0.3) is 11.5 Å². The third-order valence-electron chi connectivity index (χ3n) is 5.14. The number of aromatic amines is 1. The van der Waals surface area contributed by atoms with E-state index in [1.165, 1.54) is 33.8 Å². The fourth-order valence-electron chi connectivity index (χ4n) is 3.38. The van der Waals surface area contributed by atoms with Gasteiger partial charge in [-0.25, -0.2) is 9.20 Å². The van der Waals surface area contributed by atoms with Crippen LogP contribution in [0, 0.1) is 6.92 Å². The molecule has 0 atom stereocenters. The number of nitrogens with zero attached hydrogens (tertiary/aromatic N) is 7. The van der Waals surface area contributed by atoms with Crippen molar-refractivity contribution in [3.63, 3.8) is 0 Å². The van der Waals surface area contributed by atoms with Crippen LogP contribution in [0.5, 0.6) is 0 Å². The Labute approximate surface area is 172 Å². The average Bonchev–Trinajstić information content (AvgIpc) is 3.34. The highest BCUT2D eigenvalue weighted by Gasteiger charge is 2.31. The van der Waals surface area contributed by atoms with E-state index in [4.69, 9.17) is 0 Å². The highest BCUT2D eigenvalue weighted by atomic mass is 32.2. The molecule has 1 aliphatic rings. The van der Waals surface area contributed by atoms with Crippen molar-refractivity contribution in [1.82, 2.24) is 37.9 Å². The van der Waals surface area contributed by atoms with E-state index in [1.54, 1.807) is 30.2 Å². The summed E-state index contributed by atoms with van der Waals surface area (Å²) in [4.78, 5) is 29.5. The maximum Gasteiger partial charge on any atom is 0.281 e. The minimum absolute atomic E-state index is 0.196. The first kappa shape index (κ1) is 20.3. The predicted molar refractivity (Wildman–Crippen MR) is 108 cm³/mol. The van der Waals surface area contributed by atoms with Crippen LogP contribution in [0.2, 0.25) is 0 Å². The van der Waals surface area contributed by atoms with Crippen LogP contribution in [0.15, 0.2) is 29.3 Å². The number of amides is 1. The van der Waals surface area contributed by atoms with E-state index in [1.807, 2.05) is 0 Å². The molecule has 3 aromatic rings. The maximum absolute atomic E-state index is 13.0. The molecular formula is C17H22N8O4S. The predicted octanol–water partition coefficient (Wildman–Crippen LogP) is -0.919. The quantitative estimate of drug-likeness (QED) is 0.566. The summed E-state index contributed by atoms with van der Waals surface area (Å²) >= 11 is 0. The second-order valence-corrected chi connectivity index (χ2v) is 9.29. The summed E-state index contributed by atoms with van der Waals surface area (Å²) in [5.41, 5.74) is 0.989. The number of piperazine rings is 1. The molecule has 0 radical (unpaired) electrons. The van der Waals surface area contributed by atoms with Gasteiger partial charge in [-0.05, 0) is 19.1 Å². The van der Waals surface area contributed by atoms with E-state index in [9.17, 15) is 18.0 Å². The van der Waals surface area contributed by atoms with Gasteiger partial charge in [0.05, 0.1) is 17.5 Å². The lowest BCUT2D eigenvalue weighted by molar-refractivity contribution is 0.0694. The standard InChI is InChI=1S/C17H22N8O4S/c1-12-13(16(27)22-7-9-23(10-8-22)30(28,29)21(2)3)11-18-25(12)17-19-15(26)14-5-4-6-24(14)20-17/h4-6,11H,7-10H2,1-3H3,(H,19,20,26). The van der Waals surface area contributed by atoms with E-state index < -0.39 is 10.2 Å².